The fraction of sp³-hybridized carbons (Fsp3) is 0.257. The van der Waals surface area contributed by atoms with Gasteiger partial charge in [0.1, 0.15) is 0 Å². The molecule has 19 rings (SSSR count). The maximum Gasteiger partial charge on any atom is 0.252 e. The fourth-order valence-corrected chi connectivity index (χ4v) is 19.9. The van der Waals surface area contributed by atoms with Crippen molar-refractivity contribution in [1.29, 1.82) is 0 Å². The third-order valence-corrected chi connectivity index (χ3v) is 26.5. The first-order valence-electron chi connectivity index (χ1n) is 42.9. The van der Waals surface area contributed by atoms with Crippen LogP contribution in [0.5, 0.6) is 0 Å². The van der Waals surface area contributed by atoms with Crippen molar-refractivity contribution in [2.45, 2.75) is 189 Å². The molecule has 2 aromatic heterocycles. The first kappa shape index (κ1) is 76.3. The highest BCUT2D eigenvalue weighted by Crippen LogP contribution is 2.60. The second kappa shape index (κ2) is 26.7. The second-order valence-corrected chi connectivity index (χ2v) is 41.4. The highest BCUT2D eigenvalue weighted by Gasteiger charge is 2.50. The Bertz CT molecular complexity index is 6640. The van der Waals surface area contributed by atoms with Gasteiger partial charge in [-0.05, 0) is 235 Å². The number of para-hydroxylation sites is 1. The Balaban J connectivity index is 0.947. The van der Waals surface area contributed by atoms with E-state index >= 15 is 0 Å². The first-order valence-corrected chi connectivity index (χ1v) is 42.9. The third-order valence-electron chi connectivity index (χ3n) is 26.5. The molecule has 16 aromatic rings. The normalized spacial score (nSPS) is 14.2. The van der Waals surface area contributed by atoms with Crippen LogP contribution >= 0.6 is 0 Å². The SMILES string of the molecule is CC(C)(C)c1ccc(-c2cc(C(C)(C)C)ccc2N2c3cc(-n4c5ccc(C(C)(C)C)cc5c5cc(C(C)(C)C)ccc54)ccc3B3c4ccc(-n5c6ccccc6c6c7c(ccc65)-c5ccccc5C7(c5ccccc5)c5ccccc5)cc4N(c4ccc(C(C)(C)C)cc4-c4ccc(C(C)(C)C)cc4)c4cc(C(C)(C)C)cc2c43)cc1. The molecule has 118 heavy (non-hydrogen) atoms. The number of hydrogen-bond acceptors (Lipinski definition) is 2. The molecule has 4 heterocycles. The topological polar surface area (TPSA) is 16.3 Å². The van der Waals surface area contributed by atoms with E-state index in [1.54, 1.807) is 0 Å². The van der Waals surface area contributed by atoms with E-state index in [0.29, 0.717) is 0 Å². The van der Waals surface area contributed by atoms with E-state index in [2.05, 4.69) is 456 Å². The molecule has 14 aromatic carbocycles. The third kappa shape index (κ3) is 12.1. The van der Waals surface area contributed by atoms with Crippen LogP contribution in [0.15, 0.2) is 291 Å². The van der Waals surface area contributed by atoms with Crippen LogP contribution in [0.2, 0.25) is 0 Å². The molecule has 0 N–H and O–H groups in total. The van der Waals surface area contributed by atoms with Gasteiger partial charge in [-0.2, -0.15) is 0 Å². The summed E-state index contributed by atoms with van der Waals surface area (Å²) in [5.41, 5.74) is 37.7. The molecule has 0 amide bonds. The number of benzene rings is 14. The number of aromatic nitrogens is 2. The van der Waals surface area contributed by atoms with Crippen molar-refractivity contribution in [2.24, 2.45) is 0 Å². The molecular weight excluding hydrogens is 1420 g/mol. The van der Waals surface area contributed by atoms with Gasteiger partial charge in [0, 0.05) is 66.8 Å². The van der Waals surface area contributed by atoms with Crippen molar-refractivity contribution in [2.75, 3.05) is 9.80 Å². The largest absolute Gasteiger partial charge is 0.311 e. The smallest absolute Gasteiger partial charge is 0.252 e. The van der Waals surface area contributed by atoms with Gasteiger partial charge in [0.25, 0.3) is 6.71 Å². The van der Waals surface area contributed by atoms with E-state index < -0.39 is 5.41 Å². The van der Waals surface area contributed by atoms with Crippen LogP contribution < -0.4 is 26.2 Å². The van der Waals surface area contributed by atoms with Crippen molar-refractivity contribution in [3.05, 3.63) is 352 Å². The zero-order valence-corrected chi connectivity index (χ0v) is 73.1. The molecule has 0 radical (unpaired) electrons. The lowest BCUT2D eigenvalue weighted by molar-refractivity contribution is 0.589. The first-order chi connectivity index (χ1) is 56.0. The van der Waals surface area contributed by atoms with Crippen LogP contribution in [0.25, 0.3) is 88.4 Å². The molecule has 0 saturated carbocycles. The Kier molecular flexibility index (Phi) is 17.3. The molecule has 2 aliphatic heterocycles. The summed E-state index contributed by atoms with van der Waals surface area (Å²) in [4.78, 5) is 5.45. The summed E-state index contributed by atoms with van der Waals surface area (Å²) in [5, 5.41) is 5.03. The zero-order valence-electron chi connectivity index (χ0n) is 73.1. The Morgan fingerprint density at radius 3 is 1.07 bits per heavy atom. The van der Waals surface area contributed by atoms with Gasteiger partial charge in [-0.1, -0.05) is 340 Å². The van der Waals surface area contributed by atoms with E-state index in [4.69, 9.17) is 0 Å². The molecule has 3 aliphatic rings. The van der Waals surface area contributed by atoms with Gasteiger partial charge in [0.15, 0.2) is 0 Å². The zero-order chi connectivity index (χ0) is 82.6. The molecule has 1 aliphatic carbocycles. The summed E-state index contributed by atoms with van der Waals surface area (Å²) in [6.45, 7) is 49.2. The molecule has 0 spiro atoms. The molecule has 0 bridgehead atoms. The minimum atomic E-state index is -0.635. The lowest BCUT2D eigenvalue weighted by Crippen LogP contribution is -2.61. The highest BCUT2D eigenvalue weighted by molar-refractivity contribution is 7.00. The van der Waals surface area contributed by atoms with E-state index in [1.807, 2.05) is 0 Å². The van der Waals surface area contributed by atoms with E-state index in [1.165, 1.54) is 160 Å². The number of anilines is 6. The summed E-state index contributed by atoms with van der Waals surface area (Å²) in [7, 11) is 0. The number of rotatable bonds is 8. The van der Waals surface area contributed by atoms with Crippen LogP contribution in [0.3, 0.4) is 0 Å². The molecule has 4 nitrogen and oxygen atoms in total. The summed E-state index contributed by atoms with van der Waals surface area (Å²) < 4.78 is 5.18. The van der Waals surface area contributed by atoms with E-state index in [9.17, 15) is 0 Å². The van der Waals surface area contributed by atoms with Crippen LogP contribution in [0, 0.1) is 0 Å². The average molecular weight is 1540 g/mol. The van der Waals surface area contributed by atoms with Crippen LogP contribution in [-0.2, 0) is 43.3 Å². The minimum Gasteiger partial charge on any atom is -0.311 e. The van der Waals surface area contributed by atoms with Gasteiger partial charge in [0.05, 0.1) is 38.9 Å². The van der Waals surface area contributed by atoms with Gasteiger partial charge in [-0.15, -0.1) is 0 Å². The van der Waals surface area contributed by atoms with Gasteiger partial charge < -0.3 is 18.9 Å². The summed E-state index contributed by atoms with van der Waals surface area (Å²) >= 11 is 0. The number of nitrogens with zero attached hydrogens (tertiary/aromatic N) is 4. The van der Waals surface area contributed by atoms with Crippen LogP contribution in [0.4, 0.5) is 34.1 Å². The maximum absolute atomic E-state index is 2.73. The Hall–Kier alpha value is -11.7. The second-order valence-electron chi connectivity index (χ2n) is 41.4. The van der Waals surface area contributed by atoms with Gasteiger partial charge >= 0.3 is 0 Å². The van der Waals surface area contributed by atoms with Crippen LogP contribution in [0.1, 0.15) is 207 Å². The van der Waals surface area contributed by atoms with Crippen molar-refractivity contribution in [1.82, 2.24) is 9.13 Å². The number of hydrogen-bond donors (Lipinski definition) is 0. The lowest BCUT2D eigenvalue weighted by atomic mass is 9.33. The molecule has 0 atom stereocenters. The highest BCUT2D eigenvalue weighted by atomic mass is 15.2. The van der Waals surface area contributed by atoms with Crippen LogP contribution in [-0.4, -0.2) is 15.8 Å². The van der Waals surface area contributed by atoms with Crippen molar-refractivity contribution in [3.63, 3.8) is 0 Å². The van der Waals surface area contributed by atoms with Crippen molar-refractivity contribution in [3.8, 4) is 44.8 Å². The summed E-state index contributed by atoms with van der Waals surface area (Å²) in [6.07, 6.45) is 0. The van der Waals surface area contributed by atoms with Gasteiger partial charge in [0.2, 0.25) is 0 Å². The standard InChI is InChI=1S/C113H111BN4/c1-106(2,3)72-44-40-70(41-45-72)86-62-76(108(7,8)9)48-57-94(86)117-99-68-81(115-96-59-50-78(110(13,14)15)64-88(96)89-65-79(111(16,17)18)51-60-97(89)115)52-55-91(99)114-92-56-53-82(69-100(92)118(102-67-80(112(19,20)21)66-101(117)105(102)114)95-58-49-77(109(10,11)12)63-87(95)71-42-46-73(47-43-71)107(4,5)6)116-93-39-31-29-37-85(93)103-98(116)61-54-84-83-36-28-30-38-90(83)113(104(84)103,74-32-24-22-25-33-74)75-34-26-23-27-35-75/h22-69H,1-21H3. The monoisotopic (exact) mass is 1530 g/mol. The van der Waals surface area contributed by atoms with Crippen molar-refractivity contribution < 1.29 is 0 Å². The molecule has 0 unspecified atom stereocenters. The van der Waals surface area contributed by atoms with E-state index in [0.717, 1.165) is 39.6 Å². The average Bonchev–Trinajstić information content (AvgIpc) is 1.36. The predicted molar refractivity (Wildman–Crippen MR) is 508 cm³/mol. The summed E-state index contributed by atoms with van der Waals surface area (Å²) in [6, 6.07) is 115. The molecule has 0 saturated heterocycles. The predicted octanol–water partition coefficient (Wildman–Crippen LogP) is 28.7. The molecule has 5 heteroatoms. The molecule has 586 valence electrons. The van der Waals surface area contributed by atoms with E-state index in [-0.39, 0.29) is 44.6 Å². The van der Waals surface area contributed by atoms with Crippen molar-refractivity contribution >= 4 is 101 Å². The Morgan fingerprint density at radius 2 is 0.619 bits per heavy atom. The quantitative estimate of drug-likeness (QED) is 0.141. The number of fused-ring (bicyclic) bond motifs is 14. The maximum atomic E-state index is 2.73. The molecule has 0 fully saturated rings. The summed E-state index contributed by atoms with van der Waals surface area (Å²) in [5.74, 6) is 0. The molecular formula is C113H111BN4. The van der Waals surface area contributed by atoms with Gasteiger partial charge in [-0.25, -0.2) is 0 Å². The Morgan fingerprint density at radius 1 is 0.246 bits per heavy atom. The fourth-order valence-electron chi connectivity index (χ4n) is 19.9. The van der Waals surface area contributed by atoms with Gasteiger partial charge in [-0.3, -0.25) is 0 Å². The Labute approximate surface area is 701 Å². The lowest BCUT2D eigenvalue weighted by Gasteiger charge is -2.46. The minimum absolute atomic E-state index is 0.0334.